The normalized spacial score (nSPS) is 15.3. The fourth-order valence-electron chi connectivity index (χ4n) is 5.04. The number of unbranched alkanes of at least 4 members (excludes halogenated alkanes) is 10. The third kappa shape index (κ3) is 16.3. The molecule has 1 aliphatic heterocycles. The molecule has 0 spiro atoms. The number of halogens is 2. The first kappa shape index (κ1) is 39.6. The molecule has 0 fully saturated rings. The molecule has 1 aromatic rings. The van der Waals surface area contributed by atoms with E-state index in [1.165, 1.54) is 51.4 Å². The lowest BCUT2D eigenvalue weighted by Crippen LogP contribution is -2.53. The van der Waals surface area contributed by atoms with Crippen molar-refractivity contribution in [2.45, 2.75) is 141 Å². The Morgan fingerprint density at radius 2 is 1.62 bits per heavy atom. The number of carbonyl (C=O) groups is 4. The van der Waals surface area contributed by atoms with Crippen LogP contribution < -0.4 is 16.4 Å². The van der Waals surface area contributed by atoms with Gasteiger partial charge in [0, 0.05) is 19.4 Å². The molecule has 0 bridgehead atoms. The third-order valence-electron chi connectivity index (χ3n) is 7.37. The van der Waals surface area contributed by atoms with Crippen LogP contribution in [0, 0.1) is 0 Å². The Kier molecular flexibility index (Phi) is 21.8. The molecule has 242 valence electrons. The third-order valence-corrected chi connectivity index (χ3v) is 7.37. The number of nitrogens with two attached hydrogens (primary N) is 1. The first-order chi connectivity index (χ1) is 19.3. The van der Waals surface area contributed by atoms with Crippen molar-refractivity contribution in [1.29, 1.82) is 0 Å². The van der Waals surface area contributed by atoms with Crippen LogP contribution in [-0.2, 0) is 36.9 Å². The maximum absolute atomic E-state index is 13.1. The zero-order valence-corrected chi connectivity index (χ0v) is 26.5. The number of rotatable bonds is 22. The SMILES string of the molecule is CCCCCCCCCCCCC[C@@H](CC(N)=O)OC(=O)[C@H](CCCC(=O)O)NC(=O)[C@@H]1Cc2nc[nH]c2CN1.Cl.Cl. The number of amides is 2. The van der Waals surface area contributed by atoms with Crippen LogP contribution in [-0.4, -0.2) is 57.0 Å². The molecular formula is C29H51Cl2N5O6. The molecular weight excluding hydrogens is 585 g/mol. The molecule has 2 heterocycles. The summed E-state index contributed by atoms with van der Waals surface area (Å²) in [5, 5.41) is 14.9. The number of ether oxygens (including phenoxy) is 1. The van der Waals surface area contributed by atoms with Gasteiger partial charge in [0.05, 0.1) is 30.2 Å². The number of hydrogen-bond acceptors (Lipinski definition) is 7. The molecule has 0 radical (unpaired) electrons. The van der Waals surface area contributed by atoms with Crippen LogP contribution >= 0.6 is 24.8 Å². The summed E-state index contributed by atoms with van der Waals surface area (Å²) in [6.45, 7) is 2.67. The minimum absolute atomic E-state index is 0. The standard InChI is InChI=1S/C29H49N5O6.2ClH/c1-2-3-4-5-6-7-8-9-10-11-12-14-21(17-26(30)35)40-29(39)22(15-13-16-27(36)37)34-28(38)24-18-23-25(19-31-24)33-20-32-23;;/h20-22,24,31H,2-19H2,1H3,(H2,30,35)(H,32,33)(H,34,38)(H,36,37);2*1H/t21-,22-,24-;;/m0../s1. The van der Waals surface area contributed by atoms with Crippen LogP contribution in [0.2, 0.25) is 0 Å². The van der Waals surface area contributed by atoms with E-state index in [1.807, 2.05) is 0 Å². The first-order valence-corrected chi connectivity index (χ1v) is 15.1. The van der Waals surface area contributed by atoms with Gasteiger partial charge in [-0.15, -0.1) is 24.8 Å². The van der Waals surface area contributed by atoms with Crippen molar-refractivity contribution in [3.63, 3.8) is 0 Å². The Bertz CT molecular complexity index is 932. The van der Waals surface area contributed by atoms with Crippen molar-refractivity contribution in [2.24, 2.45) is 5.73 Å². The lowest BCUT2D eigenvalue weighted by molar-refractivity contribution is -0.155. The number of nitrogens with zero attached hydrogens (tertiary/aromatic N) is 1. The van der Waals surface area contributed by atoms with E-state index in [4.69, 9.17) is 15.6 Å². The van der Waals surface area contributed by atoms with Crippen molar-refractivity contribution in [2.75, 3.05) is 0 Å². The molecule has 13 heteroatoms. The second-order valence-electron chi connectivity index (χ2n) is 10.9. The summed E-state index contributed by atoms with van der Waals surface area (Å²) < 4.78 is 5.67. The van der Waals surface area contributed by atoms with E-state index in [-0.39, 0.29) is 56.4 Å². The van der Waals surface area contributed by atoms with Gasteiger partial charge in [0.15, 0.2) is 0 Å². The van der Waals surface area contributed by atoms with E-state index in [0.29, 0.717) is 19.4 Å². The van der Waals surface area contributed by atoms with E-state index < -0.39 is 36.0 Å². The van der Waals surface area contributed by atoms with Gasteiger partial charge in [-0.2, -0.15) is 0 Å². The zero-order valence-electron chi connectivity index (χ0n) is 24.9. The van der Waals surface area contributed by atoms with E-state index in [9.17, 15) is 19.2 Å². The van der Waals surface area contributed by atoms with Crippen molar-refractivity contribution in [3.8, 4) is 0 Å². The average molecular weight is 637 g/mol. The summed E-state index contributed by atoms with van der Waals surface area (Å²) in [5.41, 5.74) is 7.12. The number of fused-ring (bicyclic) bond motifs is 1. The molecule has 11 nitrogen and oxygen atoms in total. The first-order valence-electron chi connectivity index (χ1n) is 15.1. The molecule has 1 aromatic heterocycles. The number of hydrogen-bond donors (Lipinski definition) is 5. The maximum Gasteiger partial charge on any atom is 0.328 e. The number of aliphatic carboxylic acids is 1. The maximum atomic E-state index is 13.1. The number of primary amides is 1. The van der Waals surface area contributed by atoms with Crippen molar-refractivity contribution >= 4 is 48.6 Å². The molecule has 0 aliphatic carbocycles. The number of imidazole rings is 1. The second kappa shape index (κ2) is 23.1. The molecule has 1 aliphatic rings. The van der Waals surface area contributed by atoms with Crippen LogP contribution in [0.3, 0.4) is 0 Å². The molecule has 0 aromatic carbocycles. The Morgan fingerprint density at radius 3 is 2.21 bits per heavy atom. The molecule has 42 heavy (non-hydrogen) atoms. The molecule has 0 unspecified atom stereocenters. The van der Waals surface area contributed by atoms with Crippen LogP contribution in [0.15, 0.2) is 6.33 Å². The van der Waals surface area contributed by atoms with Gasteiger partial charge in [0.1, 0.15) is 12.1 Å². The highest BCUT2D eigenvalue weighted by molar-refractivity contribution is 5.88. The molecule has 2 amide bonds. The largest absolute Gasteiger partial charge is 0.481 e. The number of carbonyl (C=O) groups excluding carboxylic acids is 3. The molecule has 0 saturated heterocycles. The molecule has 6 N–H and O–H groups in total. The average Bonchev–Trinajstić information content (AvgIpc) is 3.38. The summed E-state index contributed by atoms with van der Waals surface area (Å²) in [7, 11) is 0. The number of aromatic nitrogens is 2. The fourth-order valence-corrected chi connectivity index (χ4v) is 5.04. The van der Waals surface area contributed by atoms with Crippen LogP contribution in [0.5, 0.6) is 0 Å². The Labute approximate surface area is 262 Å². The van der Waals surface area contributed by atoms with Crippen LogP contribution in [0.25, 0.3) is 0 Å². The van der Waals surface area contributed by atoms with E-state index in [2.05, 4.69) is 27.5 Å². The highest BCUT2D eigenvalue weighted by Crippen LogP contribution is 2.17. The van der Waals surface area contributed by atoms with E-state index in [1.54, 1.807) is 6.33 Å². The highest BCUT2D eigenvalue weighted by Gasteiger charge is 2.31. The van der Waals surface area contributed by atoms with Gasteiger partial charge < -0.3 is 25.9 Å². The zero-order chi connectivity index (χ0) is 29.2. The summed E-state index contributed by atoms with van der Waals surface area (Å²) >= 11 is 0. The minimum atomic E-state index is -1.03. The van der Waals surface area contributed by atoms with Gasteiger partial charge in [-0.25, -0.2) is 9.78 Å². The van der Waals surface area contributed by atoms with E-state index in [0.717, 1.165) is 30.7 Å². The summed E-state index contributed by atoms with van der Waals surface area (Å²) in [5.74, 6) is -2.61. The predicted molar refractivity (Wildman–Crippen MR) is 166 cm³/mol. The number of nitrogens with one attached hydrogen (secondary N) is 3. The van der Waals surface area contributed by atoms with Gasteiger partial charge in [-0.05, 0) is 25.7 Å². The molecule has 0 saturated carbocycles. The second-order valence-corrected chi connectivity index (χ2v) is 10.9. The summed E-state index contributed by atoms with van der Waals surface area (Å²) in [6.07, 6.45) is 14.9. The predicted octanol–water partition coefficient (Wildman–Crippen LogP) is 4.50. The Hall–Kier alpha value is -2.37. The van der Waals surface area contributed by atoms with Crippen molar-refractivity contribution < 1.29 is 29.0 Å². The monoisotopic (exact) mass is 635 g/mol. The van der Waals surface area contributed by atoms with Gasteiger partial charge >= 0.3 is 11.9 Å². The van der Waals surface area contributed by atoms with Gasteiger partial charge in [0.2, 0.25) is 11.8 Å². The highest BCUT2D eigenvalue weighted by atomic mass is 35.5. The number of H-pyrrole nitrogens is 1. The van der Waals surface area contributed by atoms with Gasteiger partial charge in [-0.3, -0.25) is 19.7 Å². The number of esters is 1. The van der Waals surface area contributed by atoms with Crippen LogP contribution in [0.4, 0.5) is 0 Å². The lowest BCUT2D eigenvalue weighted by Gasteiger charge is -2.26. The minimum Gasteiger partial charge on any atom is -0.481 e. The number of aromatic amines is 1. The smallest absolute Gasteiger partial charge is 0.328 e. The van der Waals surface area contributed by atoms with E-state index >= 15 is 0 Å². The van der Waals surface area contributed by atoms with Crippen LogP contribution in [0.1, 0.15) is 121 Å². The van der Waals surface area contributed by atoms with Gasteiger partial charge in [-0.1, -0.05) is 71.1 Å². The summed E-state index contributed by atoms with van der Waals surface area (Å²) in [6, 6.07) is -1.61. The van der Waals surface area contributed by atoms with Crippen molar-refractivity contribution in [1.82, 2.24) is 20.6 Å². The quantitative estimate of drug-likeness (QED) is 0.0913. The Balaban J connectivity index is 0.00000840. The van der Waals surface area contributed by atoms with Crippen molar-refractivity contribution in [3.05, 3.63) is 17.7 Å². The molecule has 2 rings (SSSR count). The summed E-state index contributed by atoms with van der Waals surface area (Å²) in [4.78, 5) is 56.0. The lowest BCUT2D eigenvalue weighted by atomic mass is 10.0. The fraction of sp³-hybridized carbons (Fsp3) is 0.759. The van der Waals surface area contributed by atoms with Gasteiger partial charge in [0.25, 0.3) is 0 Å². The number of carboxylic acid groups (broad SMARTS) is 1. The number of carboxylic acids is 1. The topological polar surface area (TPSA) is 176 Å². The molecule has 3 atom stereocenters. The Morgan fingerprint density at radius 1 is 1.00 bits per heavy atom.